The fourth-order valence-electron chi connectivity index (χ4n) is 1.51. The normalized spacial score (nSPS) is 12.7. The number of sulfonamides is 1. The average Bonchev–Trinajstić information content (AvgIpc) is 2.45. The van der Waals surface area contributed by atoms with Crippen LogP contribution in [0.15, 0.2) is 29.2 Å². The number of rotatable bonds is 7. The predicted octanol–water partition coefficient (Wildman–Crippen LogP) is -0.413. The standard InChI is InChI=1S/C12H15NO7S/c1-20-12(17)8-2-4-9(5-3-8)21(18,19)13-10(6-7-14)11(15)16/h2-5,10,13-14H,6-7H2,1H3,(H,15,16). The maximum Gasteiger partial charge on any atom is 0.337 e. The first kappa shape index (κ1) is 17.1. The third-order valence-electron chi connectivity index (χ3n) is 2.60. The number of nitrogens with one attached hydrogen (secondary N) is 1. The number of aliphatic hydroxyl groups is 1. The number of carbonyl (C=O) groups excluding carboxylic acids is 1. The fourth-order valence-corrected chi connectivity index (χ4v) is 2.73. The van der Waals surface area contributed by atoms with Gasteiger partial charge in [0.15, 0.2) is 0 Å². The van der Waals surface area contributed by atoms with Gasteiger partial charge in [0, 0.05) is 6.61 Å². The van der Waals surface area contributed by atoms with Gasteiger partial charge < -0.3 is 14.9 Å². The first-order valence-electron chi connectivity index (χ1n) is 5.86. The van der Waals surface area contributed by atoms with Crippen molar-refractivity contribution in [2.24, 2.45) is 0 Å². The first-order chi connectivity index (χ1) is 9.81. The molecule has 1 atom stereocenters. The number of aliphatic carboxylic acids is 1. The monoisotopic (exact) mass is 317 g/mol. The minimum atomic E-state index is -4.07. The van der Waals surface area contributed by atoms with Gasteiger partial charge in [-0.1, -0.05) is 0 Å². The Morgan fingerprint density at radius 3 is 2.29 bits per heavy atom. The second kappa shape index (κ2) is 7.16. The summed E-state index contributed by atoms with van der Waals surface area (Å²) in [5.41, 5.74) is 0.168. The molecule has 1 aromatic carbocycles. The van der Waals surface area contributed by atoms with E-state index in [9.17, 15) is 18.0 Å². The van der Waals surface area contributed by atoms with E-state index in [2.05, 4.69) is 4.74 Å². The molecule has 8 nitrogen and oxygen atoms in total. The molecule has 0 spiro atoms. The van der Waals surface area contributed by atoms with Crippen LogP contribution in [0.25, 0.3) is 0 Å². The zero-order valence-corrected chi connectivity index (χ0v) is 12.0. The summed E-state index contributed by atoms with van der Waals surface area (Å²) in [5, 5.41) is 17.6. The van der Waals surface area contributed by atoms with E-state index in [1.807, 2.05) is 4.72 Å². The molecule has 0 aromatic heterocycles. The number of benzene rings is 1. The minimum Gasteiger partial charge on any atom is -0.480 e. The van der Waals surface area contributed by atoms with Crippen molar-refractivity contribution in [1.29, 1.82) is 0 Å². The van der Waals surface area contributed by atoms with Crippen LogP contribution in [0.1, 0.15) is 16.8 Å². The van der Waals surface area contributed by atoms with E-state index in [0.717, 1.165) is 12.1 Å². The summed E-state index contributed by atoms with van der Waals surface area (Å²) in [4.78, 5) is 21.9. The summed E-state index contributed by atoms with van der Waals surface area (Å²) in [7, 11) is -2.87. The summed E-state index contributed by atoms with van der Waals surface area (Å²) in [5.74, 6) is -2.01. The highest BCUT2D eigenvalue weighted by Crippen LogP contribution is 2.12. The van der Waals surface area contributed by atoms with Gasteiger partial charge in [-0.05, 0) is 30.7 Å². The van der Waals surface area contributed by atoms with E-state index >= 15 is 0 Å². The molecular formula is C12H15NO7S. The molecule has 0 amide bonds. The Bertz CT molecular complexity index is 609. The van der Waals surface area contributed by atoms with Crippen LogP contribution in [0.5, 0.6) is 0 Å². The Labute approximate surface area is 121 Å². The SMILES string of the molecule is COC(=O)c1ccc(S(=O)(=O)NC(CCO)C(=O)O)cc1. The van der Waals surface area contributed by atoms with Crippen molar-refractivity contribution in [1.82, 2.24) is 4.72 Å². The van der Waals surface area contributed by atoms with Gasteiger partial charge in [0.25, 0.3) is 0 Å². The third kappa shape index (κ3) is 4.52. The second-order valence-corrected chi connectivity index (χ2v) is 5.75. The van der Waals surface area contributed by atoms with Gasteiger partial charge in [-0.2, -0.15) is 4.72 Å². The van der Waals surface area contributed by atoms with Crippen molar-refractivity contribution in [2.45, 2.75) is 17.4 Å². The molecule has 0 saturated carbocycles. The summed E-state index contributed by atoms with van der Waals surface area (Å²) in [6.07, 6.45) is -0.255. The van der Waals surface area contributed by atoms with E-state index in [1.54, 1.807) is 0 Å². The predicted molar refractivity (Wildman–Crippen MR) is 71.2 cm³/mol. The van der Waals surface area contributed by atoms with Crippen molar-refractivity contribution in [3.05, 3.63) is 29.8 Å². The number of hydrogen-bond acceptors (Lipinski definition) is 6. The van der Waals surface area contributed by atoms with Crippen molar-refractivity contribution in [3.63, 3.8) is 0 Å². The molecule has 1 unspecified atom stereocenters. The third-order valence-corrected chi connectivity index (χ3v) is 4.09. The van der Waals surface area contributed by atoms with Crippen LogP contribution in [0.4, 0.5) is 0 Å². The Morgan fingerprint density at radius 1 is 1.29 bits per heavy atom. The lowest BCUT2D eigenvalue weighted by Crippen LogP contribution is -2.41. The quantitative estimate of drug-likeness (QED) is 0.583. The summed E-state index contributed by atoms with van der Waals surface area (Å²) >= 11 is 0. The van der Waals surface area contributed by atoms with Crippen LogP contribution in [0, 0.1) is 0 Å². The molecule has 9 heteroatoms. The zero-order valence-electron chi connectivity index (χ0n) is 11.1. The van der Waals surface area contributed by atoms with Crippen LogP contribution in [0.3, 0.4) is 0 Å². The Morgan fingerprint density at radius 2 is 1.86 bits per heavy atom. The van der Waals surface area contributed by atoms with Crippen LogP contribution in [0.2, 0.25) is 0 Å². The molecular weight excluding hydrogens is 302 g/mol. The number of esters is 1. The summed E-state index contributed by atoms with van der Waals surface area (Å²) in [6.45, 7) is -0.471. The fraction of sp³-hybridized carbons (Fsp3) is 0.333. The van der Waals surface area contributed by atoms with E-state index < -0.39 is 34.6 Å². The number of methoxy groups -OCH3 is 1. The lowest BCUT2D eigenvalue weighted by molar-refractivity contribution is -0.139. The zero-order chi connectivity index (χ0) is 16.0. The molecule has 0 radical (unpaired) electrons. The molecule has 0 aliphatic rings. The van der Waals surface area contributed by atoms with E-state index in [4.69, 9.17) is 10.2 Å². The molecule has 1 rings (SSSR count). The lowest BCUT2D eigenvalue weighted by Gasteiger charge is -2.13. The molecule has 0 heterocycles. The lowest BCUT2D eigenvalue weighted by atomic mass is 10.2. The van der Waals surface area contributed by atoms with Crippen molar-refractivity contribution in [3.8, 4) is 0 Å². The van der Waals surface area contributed by atoms with E-state index in [1.165, 1.54) is 19.2 Å². The molecule has 1 aromatic rings. The van der Waals surface area contributed by atoms with E-state index in [0.29, 0.717) is 0 Å². The number of hydrogen-bond donors (Lipinski definition) is 3. The molecule has 0 aliphatic carbocycles. The van der Waals surface area contributed by atoms with Gasteiger partial charge in [-0.3, -0.25) is 4.79 Å². The molecule has 3 N–H and O–H groups in total. The van der Waals surface area contributed by atoms with Crippen molar-refractivity contribution >= 4 is 22.0 Å². The number of ether oxygens (including phenoxy) is 1. The summed E-state index contributed by atoms with van der Waals surface area (Å²) in [6, 6.07) is 3.39. The Kier molecular flexibility index (Phi) is 5.82. The average molecular weight is 317 g/mol. The molecule has 21 heavy (non-hydrogen) atoms. The molecule has 116 valence electrons. The van der Waals surface area contributed by atoms with Crippen LogP contribution in [-0.4, -0.2) is 50.3 Å². The second-order valence-electron chi connectivity index (χ2n) is 4.04. The van der Waals surface area contributed by atoms with Crippen LogP contribution < -0.4 is 4.72 Å². The van der Waals surface area contributed by atoms with Crippen LogP contribution >= 0.6 is 0 Å². The number of aliphatic hydroxyl groups excluding tert-OH is 1. The Balaban J connectivity index is 2.97. The van der Waals surface area contributed by atoms with Crippen molar-refractivity contribution in [2.75, 3.05) is 13.7 Å². The molecule has 0 saturated heterocycles. The molecule has 0 aliphatic heterocycles. The number of carboxylic acids is 1. The highest BCUT2D eigenvalue weighted by molar-refractivity contribution is 7.89. The van der Waals surface area contributed by atoms with Gasteiger partial charge in [-0.15, -0.1) is 0 Å². The van der Waals surface area contributed by atoms with Gasteiger partial charge in [-0.25, -0.2) is 13.2 Å². The van der Waals surface area contributed by atoms with Crippen LogP contribution in [-0.2, 0) is 19.6 Å². The number of carboxylic acid groups (broad SMARTS) is 1. The van der Waals surface area contributed by atoms with Crippen molar-refractivity contribution < 1.29 is 33.0 Å². The van der Waals surface area contributed by atoms with Gasteiger partial charge in [0.05, 0.1) is 17.6 Å². The highest BCUT2D eigenvalue weighted by Gasteiger charge is 2.25. The first-order valence-corrected chi connectivity index (χ1v) is 7.34. The highest BCUT2D eigenvalue weighted by atomic mass is 32.2. The number of carbonyl (C=O) groups is 2. The van der Waals surface area contributed by atoms with Gasteiger partial charge in [0.2, 0.25) is 10.0 Å². The molecule has 0 fully saturated rings. The van der Waals surface area contributed by atoms with E-state index in [-0.39, 0.29) is 16.9 Å². The summed E-state index contributed by atoms with van der Waals surface area (Å²) < 4.78 is 30.4. The molecule has 0 bridgehead atoms. The maximum atomic E-state index is 12.0. The smallest absolute Gasteiger partial charge is 0.337 e. The minimum absolute atomic E-state index is 0.168. The topological polar surface area (TPSA) is 130 Å². The van der Waals surface area contributed by atoms with Gasteiger partial charge >= 0.3 is 11.9 Å². The largest absolute Gasteiger partial charge is 0.480 e. The Hall–Kier alpha value is -1.97. The maximum absolute atomic E-state index is 12.0. The van der Waals surface area contributed by atoms with Gasteiger partial charge in [0.1, 0.15) is 6.04 Å².